The first-order valence-corrected chi connectivity index (χ1v) is 5.79. The third-order valence-corrected chi connectivity index (χ3v) is 3.36. The number of nitrogens with zero attached hydrogens (tertiary/aromatic N) is 3. The lowest BCUT2D eigenvalue weighted by atomic mass is 10.3. The van der Waals surface area contributed by atoms with E-state index in [2.05, 4.69) is 10.2 Å². The molecule has 1 aliphatic rings. The summed E-state index contributed by atoms with van der Waals surface area (Å²) in [7, 11) is 0. The van der Waals surface area contributed by atoms with Crippen LogP contribution in [0.15, 0.2) is 0 Å². The molecule has 5 nitrogen and oxygen atoms in total. The van der Waals surface area contributed by atoms with Gasteiger partial charge >= 0.3 is 6.18 Å². The molecule has 2 N–H and O–H groups in total. The van der Waals surface area contributed by atoms with E-state index in [0.717, 1.165) is 0 Å². The molecule has 0 amide bonds. The minimum absolute atomic E-state index is 0.165. The van der Waals surface area contributed by atoms with Gasteiger partial charge in [0.05, 0.1) is 12.7 Å². The van der Waals surface area contributed by atoms with Crippen LogP contribution in [0.5, 0.6) is 0 Å². The standard InChI is InChI=1S/C8H11F3N4OS/c9-8(10,11)6-13-14-7(17-6)15-1-2-16-5(3-12)4-15/h5H,1-4,12H2. The fraction of sp³-hybridized carbons (Fsp3) is 0.750. The van der Waals surface area contributed by atoms with E-state index in [1.807, 2.05) is 0 Å². The highest BCUT2D eigenvalue weighted by atomic mass is 32.1. The zero-order chi connectivity index (χ0) is 12.5. The first-order valence-electron chi connectivity index (χ1n) is 4.98. The Kier molecular flexibility index (Phi) is 3.50. The fourth-order valence-electron chi connectivity index (χ4n) is 1.49. The van der Waals surface area contributed by atoms with Crippen molar-refractivity contribution in [2.24, 2.45) is 5.73 Å². The van der Waals surface area contributed by atoms with Crippen LogP contribution in [0, 0.1) is 0 Å². The van der Waals surface area contributed by atoms with E-state index in [0.29, 0.717) is 37.6 Å². The van der Waals surface area contributed by atoms with E-state index in [4.69, 9.17) is 10.5 Å². The maximum absolute atomic E-state index is 12.4. The molecule has 2 rings (SSSR count). The predicted molar refractivity (Wildman–Crippen MR) is 55.9 cm³/mol. The van der Waals surface area contributed by atoms with Gasteiger partial charge in [0, 0.05) is 19.6 Å². The van der Waals surface area contributed by atoms with Gasteiger partial charge in [0.25, 0.3) is 0 Å². The SMILES string of the molecule is NCC1CN(c2nnc(C(F)(F)F)s2)CCO1. The third kappa shape index (κ3) is 2.85. The van der Waals surface area contributed by atoms with Crippen LogP contribution in [-0.2, 0) is 10.9 Å². The smallest absolute Gasteiger partial charge is 0.373 e. The van der Waals surface area contributed by atoms with Crippen LogP contribution in [0.4, 0.5) is 18.3 Å². The van der Waals surface area contributed by atoms with Crippen LogP contribution >= 0.6 is 11.3 Å². The minimum Gasteiger partial charge on any atom is -0.373 e. The molecule has 1 aliphatic heterocycles. The van der Waals surface area contributed by atoms with Gasteiger partial charge in [-0.2, -0.15) is 13.2 Å². The molecular weight excluding hydrogens is 257 g/mol. The van der Waals surface area contributed by atoms with Gasteiger partial charge in [0.2, 0.25) is 10.1 Å². The molecule has 1 aromatic rings. The quantitative estimate of drug-likeness (QED) is 0.856. The number of hydrogen-bond donors (Lipinski definition) is 1. The summed E-state index contributed by atoms with van der Waals surface area (Å²) in [5.74, 6) is 0. The van der Waals surface area contributed by atoms with E-state index in [1.54, 1.807) is 4.90 Å². The van der Waals surface area contributed by atoms with Crippen LogP contribution in [0.1, 0.15) is 5.01 Å². The predicted octanol–water partition coefficient (Wildman–Crippen LogP) is 0.721. The van der Waals surface area contributed by atoms with E-state index in [-0.39, 0.29) is 11.2 Å². The number of halogens is 3. The lowest BCUT2D eigenvalue weighted by Crippen LogP contribution is -2.45. The van der Waals surface area contributed by atoms with Gasteiger partial charge in [-0.25, -0.2) is 0 Å². The molecule has 1 atom stereocenters. The molecule has 0 spiro atoms. The number of hydrogen-bond acceptors (Lipinski definition) is 6. The van der Waals surface area contributed by atoms with Crippen molar-refractivity contribution in [1.82, 2.24) is 10.2 Å². The number of alkyl halides is 3. The molecule has 0 bridgehead atoms. The summed E-state index contributed by atoms with van der Waals surface area (Å²) in [4.78, 5) is 1.72. The zero-order valence-corrected chi connectivity index (χ0v) is 9.59. The van der Waals surface area contributed by atoms with Crippen LogP contribution in [-0.4, -0.2) is 42.5 Å². The molecule has 1 fully saturated rings. The summed E-state index contributed by atoms with van der Waals surface area (Å²) in [6, 6.07) is 0. The zero-order valence-electron chi connectivity index (χ0n) is 8.78. The fourth-order valence-corrected chi connectivity index (χ4v) is 2.24. The molecule has 0 aliphatic carbocycles. The van der Waals surface area contributed by atoms with Gasteiger partial charge in [0.1, 0.15) is 0 Å². The van der Waals surface area contributed by atoms with E-state index < -0.39 is 11.2 Å². The Morgan fingerprint density at radius 2 is 2.24 bits per heavy atom. The Bertz CT molecular complexity index is 383. The average Bonchev–Trinajstić information content (AvgIpc) is 2.78. The minimum atomic E-state index is -4.44. The third-order valence-electron chi connectivity index (χ3n) is 2.33. The van der Waals surface area contributed by atoms with Gasteiger partial charge in [-0.15, -0.1) is 10.2 Å². The van der Waals surface area contributed by atoms with Gasteiger partial charge in [-0.1, -0.05) is 11.3 Å². The van der Waals surface area contributed by atoms with E-state index in [1.165, 1.54) is 0 Å². The molecule has 0 radical (unpaired) electrons. The van der Waals surface area contributed by atoms with Gasteiger partial charge in [-0.05, 0) is 0 Å². The number of nitrogens with two attached hydrogens (primary N) is 1. The van der Waals surface area contributed by atoms with E-state index in [9.17, 15) is 13.2 Å². The Labute approximate surface area is 99.4 Å². The molecule has 1 unspecified atom stereocenters. The van der Waals surface area contributed by atoms with Crippen molar-refractivity contribution >= 4 is 16.5 Å². The maximum Gasteiger partial charge on any atom is 0.445 e. The first kappa shape index (κ1) is 12.5. The number of anilines is 1. The lowest BCUT2D eigenvalue weighted by Gasteiger charge is -2.31. The van der Waals surface area contributed by atoms with E-state index >= 15 is 0 Å². The lowest BCUT2D eigenvalue weighted by molar-refractivity contribution is -0.138. The molecule has 0 aromatic carbocycles. The number of morpholine rings is 1. The normalized spacial score (nSPS) is 21.9. The summed E-state index contributed by atoms with van der Waals surface area (Å²) < 4.78 is 42.4. The van der Waals surface area contributed by atoms with Crippen molar-refractivity contribution in [3.05, 3.63) is 5.01 Å². The Morgan fingerprint density at radius 3 is 2.82 bits per heavy atom. The second-order valence-electron chi connectivity index (χ2n) is 3.56. The molecule has 1 aromatic heterocycles. The number of ether oxygens (including phenoxy) is 1. The summed E-state index contributed by atoms with van der Waals surface area (Å²) in [6.07, 6.45) is -4.60. The van der Waals surface area contributed by atoms with Crippen LogP contribution in [0.3, 0.4) is 0 Å². The monoisotopic (exact) mass is 268 g/mol. The van der Waals surface area contributed by atoms with Crippen molar-refractivity contribution in [2.45, 2.75) is 12.3 Å². The molecule has 96 valence electrons. The van der Waals surface area contributed by atoms with Crippen molar-refractivity contribution in [3.8, 4) is 0 Å². The van der Waals surface area contributed by atoms with Crippen LogP contribution in [0.2, 0.25) is 0 Å². The summed E-state index contributed by atoms with van der Waals surface area (Å²) in [6.45, 7) is 1.72. The molecule has 0 saturated carbocycles. The van der Waals surface area contributed by atoms with Crippen LogP contribution < -0.4 is 10.6 Å². The highest BCUT2D eigenvalue weighted by Crippen LogP contribution is 2.34. The molecule has 17 heavy (non-hydrogen) atoms. The average molecular weight is 268 g/mol. The molecule has 9 heteroatoms. The number of aromatic nitrogens is 2. The summed E-state index contributed by atoms with van der Waals surface area (Å²) in [5, 5.41) is 6.03. The Hall–Kier alpha value is -0.930. The second-order valence-corrected chi connectivity index (χ2v) is 4.52. The topological polar surface area (TPSA) is 64.3 Å². The molecule has 1 saturated heterocycles. The van der Waals surface area contributed by atoms with Gasteiger partial charge < -0.3 is 15.4 Å². The first-order chi connectivity index (χ1) is 8.00. The van der Waals surface area contributed by atoms with Crippen molar-refractivity contribution in [1.29, 1.82) is 0 Å². The van der Waals surface area contributed by atoms with Crippen molar-refractivity contribution in [3.63, 3.8) is 0 Å². The summed E-state index contributed by atoms with van der Waals surface area (Å²) >= 11 is 0.541. The highest BCUT2D eigenvalue weighted by molar-refractivity contribution is 7.15. The maximum atomic E-state index is 12.4. The van der Waals surface area contributed by atoms with Gasteiger partial charge in [0.15, 0.2) is 0 Å². The Balaban J connectivity index is 2.09. The Morgan fingerprint density at radius 1 is 1.47 bits per heavy atom. The van der Waals surface area contributed by atoms with Crippen molar-refractivity contribution < 1.29 is 17.9 Å². The van der Waals surface area contributed by atoms with Crippen molar-refractivity contribution in [2.75, 3.05) is 31.1 Å². The molecular formula is C8H11F3N4OS. The van der Waals surface area contributed by atoms with Crippen LogP contribution in [0.25, 0.3) is 0 Å². The number of rotatable bonds is 2. The van der Waals surface area contributed by atoms with Gasteiger partial charge in [-0.3, -0.25) is 0 Å². The second kappa shape index (κ2) is 4.75. The largest absolute Gasteiger partial charge is 0.445 e. The highest BCUT2D eigenvalue weighted by Gasteiger charge is 2.36. The molecule has 2 heterocycles. The summed E-state index contributed by atoms with van der Waals surface area (Å²) in [5.41, 5.74) is 5.45.